The monoisotopic (exact) mass is 210 g/mol. The van der Waals surface area contributed by atoms with Crippen LogP contribution in [0.5, 0.6) is 0 Å². The van der Waals surface area contributed by atoms with Crippen LogP contribution in [0.2, 0.25) is 0 Å². The quantitative estimate of drug-likeness (QED) is 0.275. The molecule has 0 radical (unpaired) electrons. The summed E-state index contributed by atoms with van der Waals surface area (Å²) in [6.45, 7) is -1.60. The molecule has 7 heteroatoms. The Morgan fingerprint density at radius 1 is 1.07 bits per heavy atom. The average molecular weight is 210 g/mol. The van der Waals surface area contributed by atoms with E-state index in [0.717, 1.165) is 0 Å². The van der Waals surface area contributed by atoms with Crippen molar-refractivity contribution >= 4 is 0 Å². The maximum Gasteiger partial charge on any atom is 0.219 e. The van der Waals surface area contributed by atoms with Crippen LogP contribution in [-0.2, 0) is 4.74 Å². The highest BCUT2D eigenvalue weighted by atomic mass is 16.7. The molecule has 1 saturated heterocycles. The number of aliphatic hydroxyl groups is 6. The number of ether oxygens (including phenoxy) is 1. The van der Waals surface area contributed by atoms with Gasteiger partial charge in [-0.25, -0.2) is 0 Å². The van der Waals surface area contributed by atoms with Gasteiger partial charge in [0.25, 0.3) is 0 Å². The maximum absolute atomic E-state index is 9.43. The van der Waals surface area contributed by atoms with Gasteiger partial charge in [0.15, 0.2) is 0 Å². The molecule has 14 heavy (non-hydrogen) atoms. The van der Waals surface area contributed by atoms with Crippen LogP contribution in [-0.4, -0.2) is 74.1 Å². The van der Waals surface area contributed by atoms with E-state index in [9.17, 15) is 20.4 Å². The second kappa shape index (κ2) is 4.07. The number of rotatable bonds is 2. The summed E-state index contributed by atoms with van der Waals surface area (Å²) >= 11 is 0. The molecule has 1 aliphatic rings. The van der Waals surface area contributed by atoms with Gasteiger partial charge in [-0.3, -0.25) is 0 Å². The van der Waals surface area contributed by atoms with E-state index >= 15 is 0 Å². The zero-order chi connectivity index (χ0) is 10.9. The maximum atomic E-state index is 9.43. The smallest absolute Gasteiger partial charge is 0.219 e. The lowest BCUT2D eigenvalue weighted by Crippen LogP contribution is -2.66. The molecular formula is C7H14O7. The van der Waals surface area contributed by atoms with Gasteiger partial charge in [0, 0.05) is 0 Å². The van der Waals surface area contributed by atoms with E-state index in [0.29, 0.717) is 0 Å². The van der Waals surface area contributed by atoms with E-state index in [1.807, 2.05) is 0 Å². The molecule has 5 atom stereocenters. The summed E-state index contributed by atoms with van der Waals surface area (Å²) in [5.74, 6) is -2.36. The standard InChI is InChI=1S/C7H14O7/c8-1-3-4(10)5(11)6(12)7(13,2-9)14-3/h3-6,8-13H,1-2H2/t3?,4-,5-,6?,7-/m1/s1. The third kappa shape index (κ3) is 1.75. The summed E-state index contributed by atoms with van der Waals surface area (Å²) in [6, 6.07) is 0. The van der Waals surface area contributed by atoms with E-state index in [4.69, 9.17) is 10.2 Å². The van der Waals surface area contributed by atoms with Crippen molar-refractivity contribution in [2.45, 2.75) is 30.2 Å². The number of hydrogen-bond donors (Lipinski definition) is 6. The van der Waals surface area contributed by atoms with Crippen molar-refractivity contribution in [1.29, 1.82) is 0 Å². The van der Waals surface area contributed by atoms with E-state index < -0.39 is 43.4 Å². The molecule has 1 aliphatic heterocycles. The molecule has 1 rings (SSSR count). The van der Waals surface area contributed by atoms with Gasteiger partial charge in [-0.1, -0.05) is 0 Å². The molecular weight excluding hydrogens is 196 g/mol. The minimum absolute atomic E-state index is 0.646. The van der Waals surface area contributed by atoms with Crippen LogP contribution >= 0.6 is 0 Å². The first-order valence-electron chi connectivity index (χ1n) is 4.12. The molecule has 0 saturated carbocycles. The zero-order valence-corrected chi connectivity index (χ0v) is 7.32. The lowest BCUT2D eigenvalue weighted by atomic mass is 9.93. The Morgan fingerprint density at radius 3 is 2.07 bits per heavy atom. The van der Waals surface area contributed by atoms with Crippen molar-refractivity contribution < 1.29 is 35.4 Å². The largest absolute Gasteiger partial charge is 0.394 e. The molecule has 0 bridgehead atoms. The predicted molar refractivity (Wildman–Crippen MR) is 42.0 cm³/mol. The fourth-order valence-electron chi connectivity index (χ4n) is 1.35. The second-order valence-corrected chi connectivity index (χ2v) is 3.27. The first-order chi connectivity index (χ1) is 6.46. The van der Waals surface area contributed by atoms with Crippen molar-refractivity contribution in [3.63, 3.8) is 0 Å². The summed E-state index contributed by atoms with van der Waals surface area (Å²) in [5.41, 5.74) is 0. The van der Waals surface area contributed by atoms with Crippen molar-refractivity contribution in [1.82, 2.24) is 0 Å². The van der Waals surface area contributed by atoms with Crippen LogP contribution in [0, 0.1) is 0 Å². The minimum atomic E-state index is -2.36. The molecule has 0 aliphatic carbocycles. The van der Waals surface area contributed by atoms with Gasteiger partial charge in [-0.05, 0) is 0 Å². The van der Waals surface area contributed by atoms with Crippen LogP contribution in [0.25, 0.3) is 0 Å². The Hall–Kier alpha value is -0.280. The summed E-state index contributed by atoms with van der Waals surface area (Å²) in [4.78, 5) is 0. The van der Waals surface area contributed by atoms with Crippen LogP contribution in [0.4, 0.5) is 0 Å². The van der Waals surface area contributed by atoms with Crippen LogP contribution in [0.1, 0.15) is 0 Å². The van der Waals surface area contributed by atoms with E-state index in [1.165, 1.54) is 0 Å². The zero-order valence-electron chi connectivity index (χ0n) is 7.32. The molecule has 1 heterocycles. The van der Waals surface area contributed by atoms with Gasteiger partial charge in [0.2, 0.25) is 5.79 Å². The third-order valence-corrected chi connectivity index (χ3v) is 2.28. The van der Waals surface area contributed by atoms with Gasteiger partial charge in [-0.2, -0.15) is 0 Å². The molecule has 84 valence electrons. The van der Waals surface area contributed by atoms with Crippen LogP contribution < -0.4 is 0 Å². The molecule has 0 spiro atoms. The highest BCUT2D eigenvalue weighted by molar-refractivity contribution is 4.95. The van der Waals surface area contributed by atoms with E-state index in [-0.39, 0.29) is 0 Å². The van der Waals surface area contributed by atoms with Gasteiger partial charge in [0.1, 0.15) is 24.4 Å². The second-order valence-electron chi connectivity index (χ2n) is 3.27. The highest BCUT2D eigenvalue weighted by Crippen LogP contribution is 2.27. The van der Waals surface area contributed by atoms with Gasteiger partial charge in [0.05, 0.1) is 13.2 Å². The highest BCUT2D eigenvalue weighted by Gasteiger charge is 2.52. The Kier molecular flexibility index (Phi) is 3.43. The topological polar surface area (TPSA) is 131 Å². The first-order valence-corrected chi connectivity index (χ1v) is 4.12. The summed E-state index contributed by atoms with van der Waals surface area (Å²) in [7, 11) is 0. The molecule has 0 aromatic rings. The van der Waals surface area contributed by atoms with Crippen molar-refractivity contribution in [2.24, 2.45) is 0 Å². The van der Waals surface area contributed by atoms with Crippen LogP contribution in [0.3, 0.4) is 0 Å². The lowest BCUT2D eigenvalue weighted by molar-refractivity contribution is -0.357. The predicted octanol–water partition coefficient (Wildman–Crippen LogP) is -3.86. The summed E-state index contributed by atoms with van der Waals surface area (Å²) in [5, 5.41) is 54.6. The van der Waals surface area contributed by atoms with Gasteiger partial charge >= 0.3 is 0 Å². The molecule has 0 aromatic carbocycles. The molecule has 7 nitrogen and oxygen atoms in total. The molecule has 0 aromatic heterocycles. The van der Waals surface area contributed by atoms with Gasteiger partial charge in [-0.15, -0.1) is 0 Å². The fourth-order valence-corrected chi connectivity index (χ4v) is 1.35. The average Bonchev–Trinajstić information content (AvgIpc) is 2.20. The van der Waals surface area contributed by atoms with E-state index in [1.54, 1.807) is 0 Å². The third-order valence-electron chi connectivity index (χ3n) is 2.28. The Bertz CT molecular complexity index is 196. The summed E-state index contributed by atoms with van der Waals surface area (Å²) in [6.07, 6.45) is -6.27. The Morgan fingerprint density at radius 2 is 1.64 bits per heavy atom. The first kappa shape index (κ1) is 11.8. The number of aliphatic hydroxyl groups excluding tert-OH is 5. The molecule has 2 unspecified atom stereocenters. The minimum Gasteiger partial charge on any atom is -0.394 e. The van der Waals surface area contributed by atoms with Crippen LogP contribution in [0.15, 0.2) is 0 Å². The molecule has 6 N–H and O–H groups in total. The van der Waals surface area contributed by atoms with Crippen molar-refractivity contribution in [3.05, 3.63) is 0 Å². The van der Waals surface area contributed by atoms with Crippen molar-refractivity contribution in [2.75, 3.05) is 13.2 Å². The lowest BCUT2D eigenvalue weighted by Gasteiger charge is -2.44. The molecule has 0 amide bonds. The number of hydrogen-bond acceptors (Lipinski definition) is 7. The summed E-state index contributed by atoms with van der Waals surface area (Å²) < 4.78 is 4.66. The Balaban J connectivity index is 2.84. The fraction of sp³-hybridized carbons (Fsp3) is 1.00. The van der Waals surface area contributed by atoms with Crippen molar-refractivity contribution in [3.8, 4) is 0 Å². The SMILES string of the molecule is OCC1O[C@](O)(CO)C(O)[C@H](O)[C@@H]1O. The molecule has 1 fully saturated rings. The van der Waals surface area contributed by atoms with Gasteiger partial charge < -0.3 is 35.4 Å². The van der Waals surface area contributed by atoms with E-state index in [2.05, 4.69) is 4.74 Å². The Labute approximate surface area is 79.8 Å². The normalized spacial score (nSPS) is 49.3.